The zero-order valence-corrected chi connectivity index (χ0v) is 14.6. The number of hydrogen-bond donors (Lipinski definition) is 0. The lowest BCUT2D eigenvalue weighted by Gasteiger charge is -2.36. The van der Waals surface area contributed by atoms with Crippen molar-refractivity contribution in [3.8, 4) is 5.75 Å². The van der Waals surface area contributed by atoms with Gasteiger partial charge in [-0.15, -0.1) is 0 Å². The smallest absolute Gasteiger partial charge is 0.229 e. The Morgan fingerprint density at radius 1 is 1.13 bits per heavy atom. The first-order chi connectivity index (χ1) is 11.1. The maximum Gasteiger partial charge on any atom is 0.229 e. The molecule has 2 atom stereocenters. The fourth-order valence-corrected chi connectivity index (χ4v) is 3.40. The van der Waals surface area contributed by atoms with Crippen molar-refractivity contribution in [3.63, 3.8) is 0 Å². The molecule has 1 aromatic rings. The number of carbonyl (C=O) groups excluding carboxylic acids is 1. The first-order valence-electron chi connectivity index (χ1n) is 8.20. The number of amides is 1. The highest BCUT2D eigenvalue weighted by atomic mass is 16.5. The van der Waals surface area contributed by atoms with E-state index in [0.29, 0.717) is 19.1 Å². The second-order valence-corrected chi connectivity index (χ2v) is 6.23. The molecule has 1 amide bonds. The van der Waals surface area contributed by atoms with Crippen molar-refractivity contribution in [3.05, 3.63) is 24.3 Å². The summed E-state index contributed by atoms with van der Waals surface area (Å²) in [5.74, 6) is 0.921. The maximum atomic E-state index is 12.8. The fraction of sp³-hybridized carbons (Fsp3) is 0.611. The summed E-state index contributed by atoms with van der Waals surface area (Å²) in [4.78, 5) is 17.0. The minimum atomic E-state index is 0.121. The minimum Gasteiger partial charge on any atom is -0.497 e. The van der Waals surface area contributed by atoms with Gasteiger partial charge in [-0.25, -0.2) is 0 Å². The molecule has 1 fully saturated rings. The molecule has 5 nitrogen and oxygen atoms in total. The summed E-state index contributed by atoms with van der Waals surface area (Å²) in [6, 6.07) is 8.35. The average Bonchev–Trinajstić information content (AvgIpc) is 3.03. The highest BCUT2D eigenvalue weighted by Crippen LogP contribution is 2.32. The Hall–Kier alpha value is -1.59. The van der Waals surface area contributed by atoms with E-state index >= 15 is 0 Å². The molecule has 0 N–H and O–H groups in total. The van der Waals surface area contributed by atoms with Crippen LogP contribution in [-0.2, 0) is 9.53 Å². The Labute approximate surface area is 139 Å². The number of hydrogen-bond acceptors (Lipinski definition) is 4. The van der Waals surface area contributed by atoms with Crippen molar-refractivity contribution < 1.29 is 14.3 Å². The summed E-state index contributed by atoms with van der Waals surface area (Å²) in [6.07, 6.45) is 3.71. The first-order valence-corrected chi connectivity index (χ1v) is 8.20. The predicted octanol–water partition coefficient (Wildman–Crippen LogP) is 2.55. The van der Waals surface area contributed by atoms with Crippen LogP contribution in [-0.4, -0.2) is 57.8 Å². The van der Waals surface area contributed by atoms with Crippen LogP contribution >= 0.6 is 0 Å². The molecule has 1 saturated carbocycles. The number of carbonyl (C=O) groups is 1. The quantitative estimate of drug-likeness (QED) is 0.774. The van der Waals surface area contributed by atoms with E-state index in [0.717, 1.165) is 30.7 Å². The second kappa shape index (κ2) is 8.31. The van der Waals surface area contributed by atoms with Crippen molar-refractivity contribution >= 4 is 11.6 Å². The van der Waals surface area contributed by atoms with Crippen LogP contribution in [0.15, 0.2) is 24.3 Å². The van der Waals surface area contributed by atoms with Gasteiger partial charge in [-0.2, -0.15) is 0 Å². The minimum absolute atomic E-state index is 0.121. The predicted molar refractivity (Wildman–Crippen MR) is 92.1 cm³/mol. The molecule has 0 aromatic heterocycles. The molecule has 0 heterocycles. The van der Waals surface area contributed by atoms with Gasteiger partial charge in [-0.3, -0.25) is 4.79 Å². The SMILES string of the molecule is COCCC(=O)N(c1ccc(OC)cc1)C1CCCC1N(C)C. The van der Waals surface area contributed by atoms with Crippen LogP contribution in [0.5, 0.6) is 5.75 Å². The molecule has 0 aliphatic heterocycles. The fourth-order valence-electron chi connectivity index (χ4n) is 3.40. The van der Waals surface area contributed by atoms with Gasteiger partial charge in [0.05, 0.1) is 26.2 Å². The largest absolute Gasteiger partial charge is 0.497 e. The lowest BCUT2D eigenvalue weighted by molar-refractivity contribution is -0.120. The molecule has 23 heavy (non-hydrogen) atoms. The van der Waals surface area contributed by atoms with Crippen molar-refractivity contribution in [2.75, 3.05) is 39.8 Å². The monoisotopic (exact) mass is 320 g/mol. The van der Waals surface area contributed by atoms with E-state index in [1.54, 1.807) is 14.2 Å². The van der Waals surface area contributed by atoms with Crippen LogP contribution in [0.2, 0.25) is 0 Å². The molecule has 2 unspecified atom stereocenters. The van der Waals surface area contributed by atoms with Gasteiger partial charge in [0.25, 0.3) is 0 Å². The van der Waals surface area contributed by atoms with Crippen LogP contribution < -0.4 is 9.64 Å². The Morgan fingerprint density at radius 3 is 2.35 bits per heavy atom. The van der Waals surface area contributed by atoms with Crippen molar-refractivity contribution in [1.82, 2.24) is 4.90 Å². The van der Waals surface area contributed by atoms with Crippen molar-refractivity contribution in [2.45, 2.75) is 37.8 Å². The van der Waals surface area contributed by atoms with Crippen LogP contribution in [0.1, 0.15) is 25.7 Å². The summed E-state index contributed by atoms with van der Waals surface area (Å²) in [6.45, 7) is 0.449. The highest BCUT2D eigenvalue weighted by Gasteiger charge is 2.36. The highest BCUT2D eigenvalue weighted by molar-refractivity contribution is 5.94. The molecule has 5 heteroatoms. The van der Waals surface area contributed by atoms with Gasteiger partial charge in [-0.1, -0.05) is 0 Å². The standard InChI is InChI=1S/C18H28N2O3/c1-19(2)16-6-5-7-17(16)20(18(21)12-13-22-3)14-8-10-15(23-4)11-9-14/h8-11,16-17H,5-7,12-13H2,1-4H3. The van der Waals surface area contributed by atoms with Crippen LogP contribution in [0.4, 0.5) is 5.69 Å². The lowest BCUT2D eigenvalue weighted by Crippen LogP contribution is -2.49. The molecule has 1 aromatic carbocycles. The Kier molecular flexibility index (Phi) is 6.42. The molecule has 128 valence electrons. The zero-order chi connectivity index (χ0) is 16.8. The van der Waals surface area contributed by atoms with Gasteiger partial charge in [0.15, 0.2) is 0 Å². The number of rotatable bonds is 7. The number of nitrogens with zero attached hydrogens (tertiary/aromatic N) is 2. The van der Waals surface area contributed by atoms with Gasteiger partial charge in [0.2, 0.25) is 5.91 Å². The average molecular weight is 320 g/mol. The Morgan fingerprint density at radius 2 is 1.78 bits per heavy atom. The molecule has 1 aliphatic rings. The molecular formula is C18H28N2O3. The second-order valence-electron chi connectivity index (χ2n) is 6.23. The summed E-state index contributed by atoms with van der Waals surface area (Å²) in [5.41, 5.74) is 0.936. The van der Waals surface area contributed by atoms with E-state index in [4.69, 9.17) is 9.47 Å². The van der Waals surface area contributed by atoms with Crippen LogP contribution in [0.25, 0.3) is 0 Å². The normalized spacial score (nSPS) is 20.7. The molecular weight excluding hydrogens is 292 g/mol. The molecule has 0 radical (unpaired) electrons. The lowest BCUT2D eigenvalue weighted by atomic mass is 10.1. The molecule has 0 bridgehead atoms. The van der Waals surface area contributed by atoms with Crippen LogP contribution in [0, 0.1) is 0 Å². The van der Waals surface area contributed by atoms with Crippen LogP contribution in [0.3, 0.4) is 0 Å². The molecule has 1 aliphatic carbocycles. The third-order valence-electron chi connectivity index (χ3n) is 4.58. The third kappa shape index (κ3) is 4.24. The van der Waals surface area contributed by atoms with E-state index < -0.39 is 0 Å². The number of ether oxygens (including phenoxy) is 2. The topological polar surface area (TPSA) is 42.0 Å². The van der Waals surface area contributed by atoms with Gasteiger partial charge in [0, 0.05) is 18.8 Å². The van der Waals surface area contributed by atoms with Gasteiger partial charge >= 0.3 is 0 Å². The summed E-state index contributed by atoms with van der Waals surface area (Å²) < 4.78 is 10.3. The van der Waals surface area contributed by atoms with Gasteiger partial charge in [-0.05, 0) is 57.6 Å². The Balaban J connectivity index is 2.28. The third-order valence-corrected chi connectivity index (χ3v) is 4.58. The number of methoxy groups -OCH3 is 2. The van der Waals surface area contributed by atoms with E-state index in [1.165, 1.54) is 0 Å². The number of likely N-dealkylation sites (N-methyl/N-ethyl adjacent to an activating group) is 1. The van der Waals surface area contributed by atoms with Crippen molar-refractivity contribution in [2.24, 2.45) is 0 Å². The van der Waals surface area contributed by atoms with E-state index in [1.807, 2.05) is 29.2 Å². The molecule has 2 rings (SSSR count). The zero-order valence-electron chi connectivity index (χ0n) is 14.6. The van der Waals surface area contributed by atoms with E-state index in [2.05, 4.69) is 19.0 Å². The van der Waals surface area contributed by atoms with Crippen molar-refractivity contribution in [1.29, 1.82) is 0 Å². The molecule has 0 spiro atoms. The van der Waals surface area contributed by atoms with E-state index in [-0.39, 0.29) is 11.9 Å². The summed E-state index contributed by atoms with van der Waals surface area (Å²) >= 11 is 0. The number of anilines is 1. The first kappa shape index (κ1) is 17.8. The Bertz CT molecular complexity index is 501. The van der Waals surface area contributed by atoms with Gasteiger partial charge in [0.1, 0.15) is 5.75 Å². The summed E-state index contributed by atoms with van der Waals surface area (Å²) in [5, 5.41) is 0. The summed E-state index contributed by atoms with van der Waals surface area (Å²) in [7, 11) is 7.46. The van der Waals surface area contributed by atoms with E-state index in [9.17, 15) is 4.79 Å². The van der Waals surface area contributed by atoms with Gasteiger partial charge < -0.3 is 19.3 Å². The maximum absolute atomic E-state index is 12.8. The number of benzene rings is 1. The molecule has 0 saturated heterocycles.